The summed E-state index contributed by atoms with van der Waals surface area (Å²) in [4.78, 5) is 29.8. The molecule has 0 saturated heterocycles. The summed E-state index contributed by atoms with van der Waals surface area (Å²) >= 11 is 0. The van der Waals surface area contributed by atoms with E-state index < -0.39 is 11.2 Å². The molecule has 0 atom stereocenters. The zero-order valence-electron chi connectivity index (χ0n) is 12.0. The van der Waals surface area contributed by atoms with E-state index in [9.17, 15) is 9.59 Å². The fourth-order valence-electron chi connectivity index (χ4n) is 1.87. The van der Waals surface area contributed by atoms with Crippen molar-refractivity contribution in [3.63, 3.8) is 0 Å². The van der Waals surface area contributed by atoms with Crippen molar-refractivity contribution in [3.05, 3.63) is 32.6 Å². The molecule has 0 bridgehead atoms. The molecule has 0 spiro atoms. The van der Waals surface area contributed by atoms with Gasteiger partial charge in [-0.25, -0.2) is 4.79 Å². The number of nitrogens with zero attached hydrogens (tertiary/aromatic N) is 3. The van der Waals surface area contributed by atoms with E-state index in [1.807, 2.05) is 6.92 Å². The van der Waals surface area contributed by atoms with Crippen molar-refractivity contribution >= 4 is 11.5 Å². The van der Waals surface area contributed by atoms with Crippen LogP contribution in [0, 0.1) is 6.92 Å². The monoisotopic (exact) mass is 294 g/mol. The Balaban J connectivity index is 2.26. The Labute approximate surface area is 120 Å². The number of rotatable bonds is 6. The molecule has 2 aromatic rings. The van der Waals surface area contributed by atoms with Gasteiger partial charge in [-0.3, -0.25) is 14.3 Å². The number of unbranched alkanes of at least 4 members (excludes halogenated alkanes) is 1. The second kappa shape index (κ2) is 6.25. The van der Waals surface area contributed by atoms with Gasteiger partial charge in [0.1, 0.15) is 11.5 Å². The number of aromatic nitrogens is 4. The van der Waals surface area contributed by atoms with E-state index in [1.165, 1.54) is 4.57 Å². The van der Waals surface area contributed by atoms with E-state index in [2.05, 4.69) is 20.4 Å². The molecular weight excluding hydrogens is 276 g/mol. The summed E-state index contributed by atoms with van der Waals surface area (Å²) < 4.78 is 6.28. The van der Waals surface area contributed by atoms with Crippen LogP contribution in [-0.2, 0) is 13.1 Å². The van der Waals surface area contributed by atoms with Crippen LogP contribution in [0.25, 0.3) is 0 Å². The maximum atomic E-state index is 11.8. The summed E-state index contributed by atoms with van der Waals surface area (Å²) in [5.74, 6) is 0.938. The van der Waals surface area contributed by atoms with Gasteiger partial charge in [0.15, 0.2) is 5.82 Å². The van der Waals surface area contributed by atoms with E-state index in [0.29, 0.717) is 18.3 Å². The number of aryl methyl sites for hydroxylation is 1. The fourth-order valence-corrected chi connectivity index (χ4v) is 1.87. The Kier molecular flexibility index (Phi) is 4.41. The second-order valence-electron chi connectivity index (χ2n) is 4.61. The molecular formula is C12H18N6O3. The van der Waals surface area contributed by atoms with Gasteiger partial charge < -0.3 is 15.6 Å². The molecule has 0 fully saturated rings. The maximum Gasteiger partial charge on any atom is 0.330 e. The quantitative estimate of drug-likeness (QED) is 0.694. The summed E-state index contributed by atoms with van der Waals surface area (Å²) in [7, 11) is 0. The van der Waals surface area contributed by atoms with Gasteiger partial charge in [-0.1, -0.05) is 18.5 Å². The second-order valence-corrected chi connectivity index (χ2v) is 4.61. The molecule has 0 aliphatic rings. The highest BCUT2D eigenvalue weighted by molar-refractivity contribution is 5.60. The molecule has 0 amide bonds. The highest BCUT2D eigenvalue weighted by Crippen LogP contribution is 2.12. The van der Waals surface area contributed by atoms with Crippen LogP contribution in [0.5, 0.6) is 0 Å². The third kappa shape index (κ3) is 3.30. The van der Waals surface area contributed by atoms with E-state index in [-0.39, 0.29) is 18.1 Å². The van der Waals surface area contributed by atoms with E-state index in [0.717, 1.165) is 12.8 Å². The molecule has 21 heavy (non-hydrogen) atoms. The first-order valence-electron chi connectivity index (χ1n) is 6.68. The summed E-state index contributed by atoms with van der Waals surface area (Å²) in [5, 5.41) is 6.48. The molecule has 0 aliphatic heterocycles. The SMILES string of the molecule is CCCCn1c(N)c(NCc2nc(C)no2)c(=O)[nH]c1=O. The molecule has 0 unspecified atom stereocenters. The van der Waals surface area contributed by atoms with Crippen molar-refractivity contribution in [1.82, 2.24) is 19.7 Å². The van der Waals surface area contributed by atoms with Crippen LogP contribution in [-0.4, -0.2) is 19.7 Å². The average molecular weight is 294 g/mol. The Morgan fingerprint density at radius 1 is 1.43 bits per heavy atom. The van der Waals surface area contributed by atoms with Gasteiger partial charge in [-0.05, 0) is 13.3 Å². The zero-order valence-corrected chi connectivity index (χ0v) is 12.0. The molecule has 9 nitrogen and oxygen atoms in total. The Morgan fingerprint density at radius 3 is 2.81 bits per heavy atom. The number of hydrogen-bond donors (Lipinski definition) is 3. The topological polar surface area (TPSA) is 132 Å². The average Bonchev–Trinajstić information content (AvgIpc) is 2.84. The number of anilines is 2. The lowest BCUT2D eigenvalue weighted by Crippen LogP contribution is -2.34. The van der Waals surface area contributed by atoms with Crippen LogP contribution >= 0.6 is 0 Å². The molecule has 9 heteroatoms. The zero-order chi connectivity index (χ0) is 15.4. The molecule has 2 aromatic heterocycles. The number of hydrogen-bond acceptors (Lipinski definition) is 7. The first-order valence-corrected chi connectivity index (χ1v) is 6.68. The number of nitrogens with one attached hydrogen (secondary N) is 2. The van der Waals surface area contributed by atoms with Gasteiger partial charge in [0.25, 0.3) is 5.56 Å². The Hall–Kier alpha value is -2.58. The maximum absolute atomic E-state index is 11.8. The largest absolute Gasteiger partial charge is 0.383 e. The third-order valence-electron chi connectivity index (χ3n) is 2.96. The van der Waals surface area contributed by atoms with E-state index >= 15 is 0 Å². The first kappa shape index (κ1) is 14.8. The van der Waals surface area contributed by atoms with Crippen molar-refractivity contribution in [2.75, 3.05) is 11.1 Å². The van der Waals surface area contributed by atoms with Crippen LogP contribution in [0.3, 0.4) is 0 Å². The van der Waals surface area contributed by atoms with Gasteiger partial charge in [-0.15, -0.1) is 0 Å². The normalized spacial score (nSPS) is 10.8. The van der Waals surface area contributed by atoms with Crippen molar-refractivity contribution in [2.24, 2.45) is 0 Å². The Bertz CT molecular complexity index is 729. The van der Waals surface area contributed by atoms with Crippen LogP contribution < -0.4 is 22.3 Å². The predicted octanol–water partition coefficient (Wildman–Crippen LogP) is 0.222. The fraction of sp³-hybridized carbons (Fsp3) is 0.500. The number of nitrogens with two attached hydrogens (primary N) is 1. The van der Waals surface area contributed by atoms with Gasteiger partial charge in [0.2, 0.25) is 5.89 Å². The molecule has 2 rings (SSSR count). The molecule has 0 radical (unpaired) electrons. The first-order chi connectivity index (χ1) is 10.0. The molecule has 0 saturated carbocycles. The minimum absolute atomic E-state index is 0.105. The Morgan fingerprint density at radius 2 is 2.19 bits per heavy atom. The predicted molar refractivity (Wildman–Crippen MR) is 77.0 cm³/mol. The van der Waals surface area contributed by atoms with Gasteiger partial charge in [-0.2, -0.15) is 4.98 Å². The van der Waals surface area contributed by atoms with Crippen LogP contribution in [0.2, 0.25) is 0 Å². The molecule has 114 valence electrons. The minimum atomic E-state index is -0.568. The summed E-state index contributed by atoms with van der Waals surface area (Å²) in [6.45, 7) is 4.30. The number of nitrogen functional groups attached to an aromatic ring is 1. The lowest BCUT2D eigenvalue weighted by molar-refractivity contribution is 0.379. The smallest absolute Gasteiger partial charge is 0.330 e. The van der Waals surface area contributed by atoms with Gasteiger partial charge >= 0.3 is 5.69 Å². The minimum Gasteiger partial charge on any atom is -0.383 e. The van der Waals surface area contributed by atoms with E-state index in [1.54, 1.807) is 6.92 Å². The summed E-state index contributed by atoms with van der Waals surface area (Å²) in [6, 6.07) is 0. The lowest BCUT2D eigenvalue weighted by Gasteiger charge is -2.12. The van der Waals surface area contributed by atoms with Crippen molar-refractivity contribution in [3.8, 4) is 0 Å². The van der Waals surface area contributed by atoms with Crippen LogP contribution in [0.4, 0.5) is 11.5 Å². The van der Waals surface area contributed by atoms with Gasteiger partial charge in [0, 0.05) is 6.54 Å². The van der Waals surface area contributed by atoms with Crippen molar-refractivity contribution in [2.45, 2.75) is 39.8 Å². The van der Waals surface area contributed by atoms with Crippen molar-refractivity contribution in [1.29, 1.82) is 0 Å². The summed E-state index contributed by atoms with van der Waals surface area (Å²) in [6.07, 6.45) is 1.70. The van der Waals surface area contributed by atoms with Crippen LogP contribution in [0.15, 0.2) is 14.1 Å². The van der Waals surface area contributed by atoms with Crippen molar-refractivity contribution < 1.29 is 4.52 Å². The summed E-state index contributed by atoms with van der Waals surface area (Å²) in [5.41, 5.74) is 4.96. The highest BCUT2D eigenvalue weighted by atomic mass is 16.5. The molecule has 4 N–H and O–H groups in total. The van der Waals surface area contributed by atoms with E-state index in [4.69, 9.17) is 10.3 Å². The lowest BCUT2D eigenvalue weighted by atomic mass is 10.3. The van der Waals surface area contributed by atoms with Crippen LogP contribution in [0.1, 0.15) is 31.5 Å². The molecule has 2 heterocycles. The third-order valence-corrected chi connectivity index (χ3v) is 2.96. The van der Waals surface area contributed by atoms with Gasteiger partial charge in [0.05, 0.1) is 6.54 Å². The highest BCUT2D eigenvalue weighted by Gasteiger charge is 2.13. The number of aromatic amines is 1. The standard InChI is InChI=1S/C12H18N6O3/c1-3-4-5-18-10(13)9(11(19)16-12(18)20)14-6-8-15-7(2)17-21-8/h14H,3-6,13H2,1-2H3,(H,16,19,20). The molecule has 0 aromatic carbocycles. The molecule has 0 aliphatic carbocycles. The number of H-pyrrole nitrogens is 1.